The molecule has 9 nitrogen and oxygen atoms in total. The molecule has 1 saturated carbocycles. The van der Waals surface area contributed by atoms with Crippen LogP contribution in [0.3, 0.4) is 0 Å². The molecule has 1 aromatic rings. The van der Waals surface area contributed by atoms with Crippen molar-refractivity contribution < 1.29 is 23.9 Å². The van der Waals surface area contributed by atoms with Gasteiger partial charge >= 0.3 is 6.09 Å². The van der Waals surface area contributed by atoms with E-state index < -0.39 is 29.3 Å². The van der Waals surface area contributed by atoms with E-state index >= 15 is 0 Å². The van der Waals surface area contributed by atoms with E-state index in [1.165, 1.54) is 0 Å². The van der Waals surface area contributed by atoms with Crippen molar-refractivity contribution in [3.8, 4) is 0 Å². The van der Waals surface area contributed by atoms with E-state index in [9.17, 15) is 19.2 Å². The number of amides is 4. The molecule has 9 heteroatoms. The second-order valence-electron chi connectivity index (χ2n) is 12.2. The zero-order valence-electron chi connectivity index (χ0n) is 24.0. The van der Waals surface area contributed by atoms with Crippen LogP contribution in [0.15, 0.2) is 42.5 Å². The number of nitrogens with zero attached hydrogens (tertiary/aromatic N) is 1. The second-order valence-corrected chi connectivity index (χ2v) is 12.2. The molecule has 2 heterocycles. The predicted molar refractivity (Wildman–Crippen MR) is 152 cm³/mol. The van der Waals surface area contributed by atoms with Crippen molar-refractivity contribution >= 4 is 23.8 Å². The Balaban J connectivity index is 1.47. The van der Waals surface area contributed by atoms with Gasteiger partial charge in [-0.1, -0.05) is 55.3 Å². The number of alkyl carbamates (subject to hydrolysis) is 1. The fourth-order valence-electron chi connectivity index (χ4n) is 5.67. The molecule has 2 fully saturated rings. The van der Waals surface area contributed by atoms with Crippen LogP contribution in [0.4, 0.5) is 4.79 Å². The summed E-state index contributed by atoms with van der Waals surface area (Å²) in [7, 11) is 0. The highest BCUT2D eigenvalue weighted by Crippen LogP contribution is 2.45. The first-order valence-electron chi connectivity index (χ1n) is 14.7. The van der Waals surface area contributed by atoms with Gasteiger partial charge in [0.25, 0.3) is 0 Å². The largest absolute Gasteiger partial charge is 0.444 e. The summed E-state index contributed by atoms with van der Waals surface area (Å²) in [5.41, 5.74) is -0.560. The van der Waals surface area contributed by atoms with Gasteiger partial charge in [-0.05, 0) is 71.3 Å². The van der Waals surface area contributed by atoms with Gasteiger partial charge in [-0.3, -0.25) is 14.4 Å². The van der Waals surface area contributed by atoms with Crippen LogP contribution in [0, 0.1) is 5.92 Å². The first-order chi connectivity index (χ1) is 19.1. The average Bonchev–Trinajstić information content (AvgIpc) is 3.36. The van der Waals surface area contributed by atoms with Crippen molar-refractivity contribution in [3.05, 3.63) is 48.0 Å². The highest BCUT2D eigenvalue weighted by Gasteiger charge is 2.60. The molecule has 3 N–H and O–H groups in total. The Bertz CT molecular complexity index is 1100. The first-order valence-corrected chi connectivity index (χ1v) is 14.7. The maximum absolute atomic E-state index is 13.7. The SMILES string of the molecule is CC(C)(C)OC(=O)N[C@H]1CCCCCC=C[C@@H]2C[C@@]2(C(=O)NCCc2ccccc2)NC(=O)[C@@H]2CCCN2C1=O. The third-order valence-electron chi connectivity index (χ3n) is 7.87. The quantitative estimate of drug-likeness (QED) is 0.483. The predicted octanol–water partition coefficient (Wildman–Crippen LogP) is 3.62. The zero-order chi connectivity index (χ0) is 28.8. The van der Waals surface area contributed by atoms with E-state index in [2.05, 4.69) is 28.1 Å². The lowest BCUT2D eigenvalue weighted by Crippen LogP contribution is -2.58. The smallest absolute Gasteiger partial charge is 0.408 e. The molecule has 0 bridgehead atoms. The Morgan fingerprint density at radius 3 is 2.60 bits per heavy atom. The number of rotatable bonds is 5. The highest BCUT2D eigenvalue weighted by molar-refractivity contribution is 5.98. The maximum atomic E-state index is 13.7. The van der Waals surface area contributed by atoms with Gasteiger partial charge < -0.3 is 25.6 Å². The van der Waals surface area contributed by atoms with Crippen LogP contribution in [0.1, 0.15) is 77.7 Å². The van der Waals surface area contributed by atoms with Crippen molar-refractivity contribution in [2.45, 2.75) is 102 Å². The summed E-state index contributed by atoms with van der Waals surface area (Å²) in [5, 5.41) is 8.85. The Morgan fingerprint density at radius 2 is 1.85 bits per heavy atom. The molecule has 0 aromatic heterocycles. The summed E-state index contributed by atoms with van der Waals surface area (Å²) in [6.07, 6.45) is 9.88. The molecule has 0 radical (unpaired) electrons. The molecule has 2 aliphatic heterocycles. The van der Waals surface area contributed by atoms with Crippen LogP contribution in [-0.2, 0) is 25.5 Å². The number of allylic oxidation sites excluding steroid dienone is 1. The van der Waals surface area contributed by atoms with Crippen molar-refractivity contribution in [2.75, 3.05) is 13.1 Å². The Morgan fingerprint density at radius 1 is 1.07 bits per heavy atom. The fourth-order valence-corrected chi connectivity index (χ4v) is 5.67. The van der Waals surface area contributed by atoms with E-state index in [0.717, 1.165) is 31.2 Å². The molecule has 4 rings (SSSR count). The Hall–Kier alpha value is -3.36. The molecule has 218 valence electrons. The molecule has 40 heavy (non-hydrogen) atoms. The molecular formula is C31H44N4O5. The van der Waals surface area contributed by atoms with E-state index in [0.29, 0.717) is 45.2 Å². The van der Waals surface area contributed by atoms with E-state index in [1.54, 1.807) is 25.7 Å². The van der Waals surface area contributed by atoms with Crippen LogP contribution in [-0.4, -0.2) is 65.0 Å². The van der Waals surface area contributed by atoms with Crippen LogP contribution in [0.2, 0.25) is 0 Å². The maximum Gasteiger partial charge on any atom is 0.408 e. The van der Waals surface area contributed by atoms with Gasteiger partial charge in [-0.25, -0.2) is 4.79 Å². The molecule has 1 aromatic carbocycles. The van der Waals surface area contributed by atoms with Crippen molar-refractivity contribution in [1.29, 1.82) is 0 Å². The van der Waals surface area contributed by atoms with Crippen molar-refractivity contribution in [2.24, 2.45) is 5.92 Å². The lowest BCUT2D eigenvalue weighted by molar-refractivity contribution is -0.141. The topological polar surface area (TPSA) is 117 Å². The highest BCUT2D eigenvalue weighted by atomic mass is 16.6. The van der Waals surface area contributed by atoms with Gasteiger partial charge in [-0.2, -0.15) is 0 Å². The molecule has 4 atom stereocenters. The number of hydrogen-bond donors (Lipinski definition) is 3. The number of ether oxygens (including phenoxy) is 1. The monoisotopic (exact) mass is 552 g/mol. The van der Waals surface area contributed by atoms with Gasteiger partial charge in [0.1, 0.15) is 23.2 Å². The normalized spacial score (nSPS) is 27.4. The minimum absolute atomic E-state index is 0.0783. The van der Waals surface area contributed by atoms with E-state index in [4.69, 9.17) is 4.74 Å². The minimum atomic E-state index is -1.00. The van der Waals surface area contributed by atoms with Gasteiger partial charge in [0.05, 0.1) is 0 Å². The number of fused-ring (bicyclic) bond motifs is 2. The Kier molecular flexibility index (Phi) is 9.53. The molecule has 0 spiro atoms. The molecule has 3 aliphatic rings. The van der Waals surface area contributed by atoms with Crippen LogP contribution < -0.4 is 16.0 Å². The third kappa shape index (κ3) is 7.64. The van der Waals surface area contributed by atoms with Gasteiger partial charge in [-0.15, -0.1) is 0 Å². The van der Waals surface area contributed by atoms with Crippen LogP contribution in [0.5, 0.6) is 0 Å². The van der Waals surface area contributed by atoms with Crippen LogP contribution in [0.25, 0.3) is 0 Å². The van der Waals surface area contributed by atoms with Gasteiger partial charge in [0.2, 0.25) is 17.7 Å². The summed E-state index contributed by atoms with van der Waals surface area (Å²) in [6, 6.07) is 8.50. The zero-order valence-corrected chi connectivity index (χ0v) is 24.0. The number of carbonyl (C=O) groups excluding carboxylic acids is 4. The van der Waals surface area contributed by atoms with E-state index in [-0.39, 0.29) is 23.6 Å². The second kappa shape index (κ2) is 12.9. The van der Waals surface area contributed by atoms with Crippen LogP contribution >= 0.6 is 0 Å². The lowest BCUT2D eigenvalue weighted by Gasteiger charge is -2.30. The third-order valence-corrected chi connectivity index (χ3v) is 7.87. The molecular weight excluding hydrogens is 508 g/mol. The van der Waals surface area contributed by atoms with Gasteiger partial charge in [0.15, 0.2) is 0 Å². The lowest BCUT2D eigenvalue weighted by atomic mass is 10.0. The molecule has 4 amide bonds. The summed E-state index contributed by atoms with van der Waals surface area (Å²) in [5.74, 6) is -0.849. The number of hydrogen-bond acceptors (Lipinski definition) is 5. The molecule has 0 unspecified atom stereocenters. The Labute approximate surface area is 237 Å². The van der Waals surface area contributed by atoms with Crippen molar-refractivity contribution in [3.63, 3.8) is 0 Å². The summed E-state index contributed by atoms with van der Waals surface area (Å²) >= 11 is 0. The summed E-state index contributed by atoms with van der Waals surface area (Å²) in [4.78, 5) is 54.9. The average molecular weight is 553 g/mol. The first kappa shape index (κ1) is 29.6. The molecule has 1 aliphatic carbocycles. The minimum Gasteiger partial charge on any atom is -0.444 e. The number of benzene rings is 1. The van der Waals surface area contributed by atoms with Gasteiger partial charge in [0, 0.05) is 19.0 Å². The fraction of sp³-hybridized carbons (Fsp3) is 0.613. The number of nitrogens with one attached hydrogen (secondary N) is 3. The molecule has 1 saturated heterocycles. The van der Waals surface area contributed by atoms with Crippen molar-refractivity contribution in [1.82, 2.24) is 20.9 Å². The van der Waals surface area contributed by atoms with E-state index in [1.807, 2.05) is 30.3 Å². The standard InChI is InChI=1S/C31H44N4O5/c1-30(2,3)40-29(39)33-24-16-11-6-4-5-10-15-23-21-31(23,28(38)32-19-18-22-13-8-7-9-14-22)34-26(36)25-17-12-20-35(25)27(24)37/h7-10,13-15,23-25H,4-6,11-12,16-21H2,1-3H3,(H,32,38)(H,33,39)(H,34,36)/t23-,24+,25+,31-/m1/s1. The summed E-state index contributed by atoms with van der Waals surface area (Å²) in [6.45, 7) is 6.24. The summed E-state index contributed by atoms with van der Waals surface area (Å²) < 4.78 is 5.41. The number of carbonyl (C=O) groups is 4.